The quantitative estimate of drug-likeness (QED) is 0.249. The number of carbonyl (C=O) groups excluding carboxylic acids is 2. The predicted octanol–water partition coefficient (Wildman–Crippen LogP) is 6.20. The number of anilines is 2. The lowest BCUT2D eigenvalue weighted by molar-refractivity contribution is -0.137. The minimum atomic E-state index is -4.59. The average molecular weight is 630 g/mol. The molecule has 44 heavy (non-hydrogen) atoms. The van der Waals surface area contributed by atoms with E-state index in [9.17, 15) is 22.8 Å². The van der Waals surface area contributed by atoms with Gasteiger partial charge in [-0.05, 0) is 57.0 Å². The van der Waals surface area contributed by atoms with E-state index >= 15 is 0 Å². The second-order valence-electron chi connectivity index (χ2n) is 10.5. The Balaban J connectivity index is 1.55. The van der Waals surface area contributed by atoms with E-state index in [4.69, 9.17) is 27.1 Å². The van der Waals surface area contributed by atoms with Crippen molar-refractivity contribution in [3.63, 3.8) is 0 Å². The van der Waals surface area contributed by atoms with Crippen molar-refractivity contribution in [2.75, 3.05) is 24.2 Å². The summed E-state index contributed by atoms with van der Waals surface area (Å²) in [5.74, 6) is 0.0845. The third-order valence-electron chi connectivity index (χ3n) is 7.67. The van der Waals surface area contributed by atoms with E-state index in [-0.39, 0.29) is 46.8 Å². The number of pyridine rings is 1. The Morgan fingerprint density at radius 2 is 1.93 bits per heavy atom. The zero-order valence-electron chi connectivity index (χ0n) is 24.3. The van der Waals surface area contributed by atoms with Crippen LogP contribution in [0.1, 0.15) is 67.7 Å². The summed E-state index contributed by atoms with van der Waals surface area (Å²) in [6.07, 6.45) is -0.220. The zero-order valence-corrected chi connectivity index (χ0v) is 25.0. The van der Waals surface area contributed by atoms with Crippen LogP contribution in [0.2, 0.25) is 5.15 Å². The Hall–Kier alpha value is -4.39. The smallest absolute Gasteiger partial charge is 0.416 e. The number of nitrogen functional groups attached to an aromatic ring is 1. The molecule has 1 aromatic carbocycles. The second kappa shape index (κ2) is 12.3. The number of piperidine rings is 1. The Morgan fingerprint density at radius 1 is 1.16 bits per heavy atom. The first-order valence-corrected chi connectivity index (χ1v) is 14.5. The number of aromatic nitrogens is 4. The summed E-state index contributed by atoms with van der Waals surface area (Å²) >= 11 is 6.66. The van der Waals surface area contributed by atoms with Crippen molar-refractivity contribution in [2.45, 2.75) is 58.2 Å². The van der Waals surface area contributed by atoms with Crippen LogP contribution in [0.25, 0.3) is 16.8 Å². The number of carbonyl (C=O) groups is 2. The molecule has 0 bridgehead atoms. The fraction of sp³-hybridized carbons (Fsp3) is 0.367. The number of nitrogens with one attached hydrogen (secondary N) is 1. The van der Waals surface area contributed by atoms with Crippen LogP contribution in [-0.2, 0) is 11.0 Å². The topological polar surface area (TPSA) is 128 Å². The van der Waals surface area contributed by atoms with Crippen molar-refractivity contribution in [3.05, 3.63) is 64.8 Å². The standard InChI is InChI=1S/C30H31ClF3N7O3/c1-4-24(42)40-15-18(7-6-16(40)3)28-39-25(26-27(35)37-14-22(31)41(26)28)20-9-8-17(12-21(20)44-5-2)29(43)38-23-13-19(10-11-36-23)30(32,33)34/h8-14,16,18H,4-7,15H2,1-3H3,(H2,35,37)(H,36,38,43). The maximum atomic E-state index is 13.1. The van der Waals surface area contributed by atoms with Gasteiger partial charge in [0.2, 0.25) is 5.91 Å². The number of alkyl halides is 3. The molecule has 4 heterocycles. The molecule has 1 saturated heterocycles. The van der Waals surface area contributed by atoms with Crippen molar-refractivity contribution in [1.82, 2.24) is 24.3 Å². The van der Waals surface area contributed by atoms with Crippen LogP contribution in [0.5, 0.6) is 5.75 Å². The molecule has 5 rings (SSSR count). The van der Waals surface area contributed by atoms with Crippen molar-refractivity contribution in [3.8, 4) is 17.0 Å². The molecule has 232 valence electrons. The van der Waals surface area contributed by atoms with Gasteiger partial charge in [-0.3, -0.25) is 14.0 Å². The van der Waals surface area contributed by atoms with E-state index in [1.54, 1.807) is 17.4 Å². The molecular formula is C30H31ClF3N7O3. The van der Waals surface area contributed by atoms with Gasteiger partial charge in [-0.2, -0.15) is 13.2 Å². The molecule has 3 aromatic heterocycles. The summed E-state index contributed by atoms with van der Waals surface area (Å²) < 4.78 is 47.1. The first kappa shape index (κ1) is 31.0. The normalized spacial score (nSPS) is 17.1. The number of fused-ring (bicyclic) bond motifs is 1. The zero-order chi connectivity index (χ0) is 31.8. The number of halogens is 4. The van der Waals surface area contributed by atoms with Crippen molar-refractivity contribution in [1.29, 1.82) is 0 Å². The van der Waals surface area contributed by atoms with Crippen LogP contribution in [0.15, 0.2) is 42.7 Å². The Labute approximate surface area is 256 Å². The number of benzene rings is 1. The summed E-state index contributed by atoms with van der Waals surface area (Å²) in [6, 6.07) is 6.29. The molecule has 4 aromatic rings. The number of likely N-dealkylation sites (tertiary alicyclic amines) is 1. The van der Waals surface area contributed by atoms with Gasteiger partial charge in [0.1, 0.15) is 39.6 Å². The predicted molar refractivity (Wildman–Crippen MR) is 160 cm³/mol. The molecule has 1 fully saturated rings. The summed E-state index contributed by atoms with van der Waals surface area (Å²) in [7, 11) is 0. The molecular weight excluding hydrogens is 599 g/mol. The molecule has 2 atom stereocenters. The van der Waals surface area contributed by atoms with Gasteiger partial charge < -0.3 is 20.7 Å². The largest absolute Gasteiger partial charge is 0.493 e. The number of hydrogen-bond donors (Lipinski definition) is 2. The van der Waals surface area contributed by atoms with Gasteiger partial charge in [0.05, 0.1) is 18.4 Å². The fourth-order valence-electron chi connectivity index (χ4n) is 5.46. The SMILES string of the molecule is CCOc1cc(C(=O)Nc2cc(C(F)(F)F)ccn2)ccc1-c1nc(C2CCC(C)N(C(=O)CC)C2)n2c(Cl)cnc(N)c12. The number of rotatable bonds is 7. The molecule has 10 nitrogen and oxygen atoms in total. The molecule has 0 spiro atoms. The van der Waals surface area contributed by atoms with Crippen LogP contribution in [-0.4, -0.2) is 55.3 Å². The number of hydrogen-bond acceptors (Lipinski definition) is 7. The van der Waals surface area contributed by atoms with Crippen LogP contribution in [0.4, 0.5) is 24.8 Å². The molecule has 0 saturated carbocycles. The molecule has 0 aliphatic carbocycles. The minimum Gasteiger partial charge on any atom is -0.493 e. The van der Waals surface area contributed by atoms with Gasteiger partial charge in [-0.1, -0.05) is 18.5 Å². The number of amides is 2. The summed E-state index contributed by atoms with van der Waals surface area (Å²) in [6.45, 7) is 6.35. The maximum absolute atomic E-state index is 13.1. The van der Waals surface area contributed by atoms with Crippen molar-refractivity contribution in [2.24, 2.45) is 0 Å². The third kappa shape index (κ3) is 6.01. The van der Waals surface area contributed by atoms with Gasteiger partial charge in [0, 0.05) is 42.2 Å². The van der Waals surface area contributed by atoms with Gasteiger partial charge >= 0.3 is 6.18 Å². The average Bonchev–Trinajstić information content (AvgIpc) is 3.40. The lowest BCUT2D eigenvalue weighted by Crippen LogP contribution is -2.44. The van der Waals surface area contributed by atoms with Gasteiger partial charge in [-0.15, -0.1) is 0 Å². The van der Waals surface area contributed by atoms with Crippen molar-refractivity contribution < 1.29 is 27.5 Å². The Bertz CT molecular complexity index is 1730. The monoisotopic (exact) mass is 629 g/mol. The van der Waals surface area contributed by atoms with Gasteiger partial charge in [0.25, 0.3) is 5.91 Å². The van der Waals surface area contributed by atoms with Gasteiger partial charge in [-0.25, -0.2) is 15.0 Å². The van der Waals surface area contributed by atoms with E-state index < -0.39 is 17.6 Å². The van der Waals surface area contributed by atoms with Gasteiger partial charge in [0.15, 0.2) is 0 Å². The Morgan fingerprint density at radius 3 is 2.64 bits per heavy atom. The van der Waals surface area contributed by atoms with E-state index in [2.05, 4.69) is 15.3 Å². The lowest BCUT2D eigenvalue weighted by Gasteiger charge is -2.37. The molecule has 0 radical (unpaired) electrons. The van der Waals surface area contributed by atoms with Crippen LogP contribution in [0.3, 0.4) is 0 Å². The fourth-order valence-corrected chi connectivity index (χ4v) is 5.68. The van der Waals surface area contributed by atoms with Crippen molar-refractivity contribution >= 4 is 40.6 Å². The number of nitrogens with zero attached hydrogens (tertiary/aromatic N) is 5. The van der Waals surface area contributed by atoms with Crippen LogP contribution < -0.4 is 15.8 Å². The number of imidazole rings is 1. The highest BCUT2D eigenvalue weighted by Gasteiger charge is 2.34. The molecule has 14 heteroatoms. The van der Waals surface area contributed by atoms with E-state index in [1.807, 2.05) is 18.7 Å². The highest BCUT2D eigenvalue weighted by atomic mass is 35.5. The second-order valence-corrected chi connectivity index (χ2v) is 10.9. The van der Waals surface area contributed by atoms with E-state index in [0.29, 0.717) is 41.3 Å². The molecule has 1 aliphatic rings. The first-order chi connectivity index (χ1) is 20.9. The maximum Gasteiger partial charge on any atom is 0.416 e. The third-order valence-corrected chi connectivity index (χ3v) is 7.93. The van der Waals surface area contributed by atoms with Crippen LogP contribution >= 0.6 is 11.6 Å². The summed E-state index contributed by atoms with van der Waals surface area (Å²) in [4.78, 5) is 40.7. The molecule has 3 N–H and O–H groups in total. The highest BCUT2D eigenvalue weighted by molar-refractivity contribution is 6.30. The lowest BCUT2D eigenvalue weighted by atomic mass is 9.92. The molecule has 2 unspecified atom stereocenters. The van der Waals surface area contributed by atoms with E-state index in [1.165, 1.54) is 18.3 Å². The van der Waals surface area contributed by atoms with E-state index in [0.717, 1.165) is 31.2 Å². The van der Waals surface area contributed by atoms with Crippen LogP contribution in [0, 0.1) is 0 Å². The molecule has 2 amide bonds. The number of nitrogens with two attached hydrogens (primary N) is 1. The minimum absolute atomic E-state index is 0.0587. The first-order valence-electron chi connectivity index (χ1n) is 14.2. The Kier molecular flexibility index (Phi) is 8.69. The summed E-state index contributed by atoms with van der Waals surface area (Å²) in [5, 5.41) is 2.70. The number of ether oxygens (including phenoxy) is 1. The molecule has 1 aliphatic heterocycles. The summed E-state index contributed by atoms with van der Waals surface area (Å²) in [5.41, 5.74) is 6.94. The highest BCUT2D eigenvalue weighted by Crippen LogP contribution is 2.40.